The van der Waals surface area contributed by atoms with E-state index in [4.69, 9.17) is 0 Å². The average molecular weight is 620 g/mol. The molecule has 15 nitrogen and oxygen atoms in total. The molecule has 1 aliphatic heterocycles. The van der Waals surface area contributed by atoms with E-state index in [1.165, 1.54) is 28.6 Å². The summed E-state index contributed by atoms with van der Waals surface area (Å²) in [6.07, 6.45) is 4.46. The van der Waals surface area contributed by atoms with Crippen LogP contribution in [0.4, 0.5) is 0 Å². The van der Waals surface area contributed by atoms with Gasteiger partial charge in [-0.05, 0) is 30.7 Å². The van der Waals surface area contributed by atoms with E-state index in [9.17, 15) is 19.2 Å². The first kappa shape index (κ1) is 30.5. The summed E-state index contributed by atoms with van der Waals surface area (Å²) in [6.45, 7) is 4.18. The molecule has 230 valence electrons. The van der Waals surface area contributed by atoms with Crippen molar-refractivity contribution in [3.8, 4) is 5.95 Å². The zero-order valence-electron chi connectivity index (χ0n) is 24.2. The maximum Gasteiger partial charge on any atom is 0.289 e. The van der Waals surface area contributed by atoms with Crippen LogP contribution in [-0.2, 0) is 16.0 Å². The number of aromatic nitrogens is 7. The van der Waals surface area contributed by atoms with Gasteiger partial charge in [0.1, 0.15) is 35.4 Å². The summed E-state index contributed by atoms with van der Waals surface area (Å²) in [7, 11) is 0. The molecule has 0 saturated carbocycles. The smallest absolute Gasteiger partial charge is 0.289 e. The van der Waals surface area contributed by atoms with Gasteiger partial charge in [0.05, 0.1) is 6.04 Å². The van der Waals surface area contributed by atoms with Gasteiger partial charge in [-0.3, -0.25) is 28.8 Å². The van der Waals surface area contributed by atoms with Crippen molar-refractivity contribution in [1.29, 1.82) is 0 Å². The predicted octanol–water partition coefficient (Wildman–Crippen LogP) is 1.10. The Balaban J connectivity index is 1.36. The number of hydrogen-bond donors (Lipinski definition) is 5. The Kier molecular flexibility index (Phi) is 9.69. The molecule has 0 spiro atoms. The summed E-state index contributed by atoms with van der Waals surface area (Å²) in [5.41, 5.74) is 1.06. The van der Waals surface area contributed by atoms with Crippen LogP contribution in [0, 0.1) is 5.92 Å². The maximum atomic E-state index is 13.6. The number of thiazole rings is 1. The zero-order valence-corrected chi connectivity index (χ0v) is 25.0. The highest BCUT2D eigenvalue weighted by Gasteiger charge is 2.30. The number of nitrogens with zero attached hydrogens (tertiary/aromatic N) is 6. The van der Waals surface area contributed by atoms with E-state index in [0.29, 0.717) is 37.2 Å². The molecule has 5 N–H and O–H groups in total. The Morgan fingerprint density at radius 1 is 1.05 bits per heavy atom. The molecule has 4 heterocycles. The lowest BCUT2D eigenvalue weighted by Gasteiger charge is -2.25. The summed E-state index contributed by atoms with van der Waals surface area (Å²) < 4.78 is 1.43. The van der Waals surface area contributed by atoms with Crippen molar-refractivity contribution in [3.63, 3.8) is 0 Å². The molecule has 3 aromatic heterocycles. The summed E-state index contributed by atoms with van der Waals surface area (Å²) in [5, 5.41) is 27.6. The molecule has 0 aliphatic carbocycles. The number of rotatable bonds is 6. The first-order chi connectivity index (χ1) is 21.3. The minimum Gasteiger partial charge on any atom is -0.354 e. The maximum absolute atomic E-state index is 13.6. The second kappa shape index (κ2) is 14.0. The fourth-order valence-corrected chi connectivity index (χ4v) is 5.69. The summed E-state index contributed by atoms with van der Waals surface area (Å²) in [6, 6.07) is 7.22. The third-order valence-corrected chi connectivity index (χ3v) is 8.00. The van der Waals surface area contributed by atoms with Gasteiger partial charge < -0.3 is 21.3 Å². The van der Waals surface area contributed by atoms with Gasteiger partial charge in [-0.25, -0.2) is 4.98 Å². The minimum absolute atomic E-state index is 0.0755. The predicted molar refractivity (Wildman–Crippen MR) is 159 cm³/mol. The van der Waals surface area contributed by atoms with Crippen LogP contribution < -0.4 is 21.3 Å². The number of hydrogen-bond acceptors (Lipinski definition) is 10. The lowest BCUT2D eigenvalue weighted by Crippen LogP contribution is -2.49. The van der Waals surface area contributed by atoms with Crippen LogP contribution in [0.5, 0.6) is 0 Å². The molecule has 3 atom stereocenters. The highest BCUT2D eigenvalue weighted by molar-refractivity contribution is 7.09. The summed E-state index contributed by atoms with van der Waals surface area (Å²) in [4.78, 5) is 61.7. The average Bonchev–Trinajstić information content (AvgIpc) is 3.80. The van der Waals surface area contributed by atoms with E-state index in [1.807, 2.05) is 44.2 Å². The summed E-state index contributed by atoms with van der Waals surface area (Å²) >= 11 is 1.24. The minimum atomic E-state index is -0.913. The fraction of sp³-hybridized carbons (Fsp3) is 0.393. The molecule has 0 radical (unpaired) electrons. The lowest BCUT2D eigenvalue weighted by molar-refractivity contribution is -0.124. The largest absolute Gasteiger partial charge is 0.354 e. The Hall–Kier alpha value is -4.99. The van der Waals surface area contributed by atoms with Crippen molar-refractivity contribution in [3.05, 3.63) is 70.5 Å². The first-order valence-electron chi connectivity index (χ1n) is 14.2. The Morgan fingerprint density at radius 3 is 2.57 bits per heavy atom. The second-order valence-electron chi connectivity index (χ2n) is 10.7. The summed E-state index contributed by atoms with van der Waals surface area (Å²) in [5.74, 6) is -1.80. The number of benzene rings is 1. The number of carbonyl (C=O) groups excluding carboxylic acids is 4. The van der Waals surface area contributed by atoms with Gasteiger partial charge in [-0.1, -0.05) is 44.2 Å². The van der Waals surface area contributed by atoms with Crippen molar-refractivity contribution in [2.24, 2.45) is 5.92 Å². The number of amides is 4. The SMILES string of the molecule is CC(C)[C@H]1NC(=O)[C@@H](NC(=O)c2nc(-n3cnnc3)n[nH]2)CCCCNC(=O)[C@@H](Cc2ccccc2)NC(=O)c2csc1n2. The molecule has 0 fully saturated rings. The highest BCUT2D eigenvalue weighted by atomic mass is 32.1. The topological polar surface area (TPSA) is 202 Å². The van der Waals surface area contributed by atoms with Crippen LogP contribution in [0.1, 0.15) is 70.8 Å². The molecular weight excluding hydrogens is 586 g/mol. The Labute approximate surface area is 256 Å². The van der Waals surface area contributed by atoms with Gasteiger partial charge in [-0.15, -0.1) is 26.6 Å². The van der Waals surface area contributed by atoms with Crippen LogP contribution in [0.25, 0.3) is 5.95 Å². The van der Waals surface area contributed by atoms with Crippen LogP contribution in [0.15, 0.2) is 48.4 Å². The first-order valence-corrected chi connectivity index (χ1v) is 15.1. The third kappa shape index (κ3) is 7.50. The standard InChI is InChI=1S/C28H33N11O4S/c1-16(2)21-27-34-20(13-44-27)25(42)33-19(12-17-8-4-3-5-9-17)23(40)29-11-7-6-10-18(24(41)35-21)32-26(43)22-36-28(38-37-22)39-14-30-31-15-39/h3-5,8-9,13-16,18-19,21H,6-7,10-12H2,1-2H3,(H,29,40)(H,32,43)(H,33,42)(H,35,41)(H,36,37,38)/t18-,19+,21+/m0/s1. The molecule has 0 unspecified atom stereocenters. The normalized spacial score (nSPS) is 20.1. The van der Waals surface area contributed by atoms with Crippen molar-refractivity contribution in [2.45, 2.75) is 57.7 Å². The molecule has 2 bridgehead atoms. The van der Waals surface area contributed by atoms with E-state index in [2.05, 4.69) is 51.6 Å². The fourth-order valence-electron chi connectivity index (χ4n) is 4.67. The highest BCUT2D eigenvalue weighted by Crippen LogP contribution is 2.26. The van der Waals surface area contributed by atoms with E-state index < -0.39 is 35.8 Å². The van der Waals surface area contributed by atoms with Gasteiger partial charge in [-0.2, -0.15) is 4.98 Å². The number of nitrogens with one attached hydrogen (secondary N) is 5. The third-order valence-electron chi connectivity index (χ3n) is 7.07. The zero-order chi connectivity index (χ0) is 31.1. The molecule has 5 rings (SSSR count). The second-order valence-corrected chi connectivity index (χ2v) is 11.6. The van der Waals surface area contributed by atoms with Gasteiger partial charge in [0.25, 0.3) is 17.8 Å². The number of H-pyrrole nitrogens is 1. The molecule has 4 amide bonds. The molecular formula is C28H33N11O4S. The molecule has 44 heavy (non-hydrogen) atoms. The monoisotopic (exact) mass is 619 g/mol. The van der Waals surface area contributed by atoms with Gasteiger partial charge in [0.2, 0.25) is 17.6 Å². The van der Waals surface area contributed by atoms with E-state index in [-0.39, 0.29) is 29.3 Å². The van der Waals surface area contributed by atoms with Crippen molar-refractivity contribution < 1.29 is 19.2 Å². The van der Waals surface area contributed by atoms with Gasteiger partial charge >= 0.3 is 0 Å². The van der Waals surface area contributed by atoms with E-state index >= 15 is 0 Å². The molecule has 1 aromatic carbocycles. The molecule has 4 aromatic rings. The molecule has 16 heteroatoms. The lowest BCUT2D eigenvalue weighted by atomic mass is 10.0. The van der Waals surface area contributed by atoms with Crippen LogP contribution in [-0.4, -0.2) is 77.2 Å². The number of carbonyl (C=O) groups is 4. The van der Waals surface area contributed by atoms with E-state index in [1.54, 1.807) is 5.38 Å². The van der Waals surface area contributed by atoms with Crippen molar-refractivity contribution in [1.82, 2.24) is 56.2 Å². The van der Waals surface area contributed by atoms with Crippen LogP contribution in [0.2, 0.25) is 0 Å². The quantitative estimate of drug-likeness (QED) is 0.209. The number of fused-ring (bicyclic) bond motifs is 2. The Bertz CT molecular complexity index is 1590. The van der Waals surface area contributed by atoms with Gasteiger partial charge in [0, 0.05) is 18.3 Å². The molecule has 0 saturated heterocycles. The molecule has 1 aliphatic rings. The van der Waals surface area contributed by atoms with Crippen molar-refractivity contribution in [2.75, 3.05) is 6.54 Å². The Morgan fingerprint density at radius 2 is 1.82 bits per heavy atom. The van der Waals surface area contributed by atoms with Crippen LogP contribution >= 0.6 is 11.3 Å². The van der Waals surface area contributed by atoms with Crippen LogP contribution in [0.3, 0.4) is 0 Å². The van der Waals surface area contributed by atoms with E-state index in [0.717, 1.165) is 5.56 Å². The van der Waals surface area contributed by atoms with Gasteiger partial charge in [0.15, 0.2) is 0 Å². The number of aromatic amines is 1. The van der Waals surface area contributed by atoms with Crippen molar-refractivity contribution >= 4 is 35.0 Å².